The van der Waals surface area contributed by atoms with E-state index in [4.69, 9.17) is 40.5 Å². The van der Waals surface area contributed by atoms with E-state index in [1.165, 1.54) is 12.1 Å². The quantitative estimate of drug-likeness (QED) is 0.804. The van der Waals surface area contributed by atoms with Crippen LogP contribution in [-0.2, 0) is 4.79 Å². The number of hydrogen-bond donors (Lipinski definition) is 2. The molecule has 0 aromatic heterocycles. The van der Waals surface area contributed by atoms with Crippen LogP contribution in [0.2, 0.25) is 15.1 Å². The highest BCUT2D eigenvalue weighted by Gasteiger charge is 2.12. The van der Waals surface area contributed by atoms with Crippen LogP contribution in [0.5, 0.6) is 0 Å². The molecule has 18 heavy (non-hydrogen) atoms. The third-order valence-corrected chi connectivity index (χ3v) is 3.43. The fourth-order valence-corrected chi connectivity index (χ4v) is 2.12. The zero-order valence-electron chi connectivity index (χ0n) is 9.97. The smallest absolute Gasteiger partial charge is 0.225 e. The van der Waals surface area contributed by atoms with Crippen LogP contribution < -0.4 is 11.1 Å². The Labute approximate surface area is 122 Å². The fraction of sp³-hybridized carbons (Fsp3) is 0.417. The molecule has 1 unspecified atom stereocenters. The van der Waals surface area contributed by atoms with Crippen molar-refractivity contribution in [3.8, 4) is 0 Å². The summed E-state index contributed by atoms with van der Waals surface area (Å²) in [6, 6.07) is 2.87. The molecule has 0 radical (unpaired) electrons. The summed E-state index contributed by atoms with van der Waals surface area (Å²) in [4.78, 5) is 11.7. The van der Waals surface area contributed by atoms with E-state index in [0.717, 1.165) is 12.8 Å². The molecule has 0 aliphatic carbocycles. The van der Waals surface area contributed by atoms with Crippen molar-refractivity contribution < 1.29 is 4.79 Å². The van der Waals surface area contributed by atoms with Gasteiger partial charge in [0.05, 0.1) is 20.8 Å². The first-order valence-corrected chi connectivity index (χ1v) is 6.77. The minimum Gasteiger partial charge on any atom is -0.327 e. The largest absolute Gasteiger partial charge is 0.327 e. The Hall–Kier alpha value is -0.480. The van der Waals surface area contributed by atoms with E-state index < -0.39 is 0 Å². The molecule has 1 aromatic rings. The molecule has 0 saturated carbocycles. The minimum absolute atomic E-state index is 0.142. The molecule has 1 amide bonds. The number of benzene rings is 1. The predicted octanol–water partition coefficient (Wildman–Crippen LogP) is 4.10. The summed E-state index contributed by atoms with van der Waals surface area (Å²) < 4.78 is 0. The Kier molecular flexibility index (Phi) is 6.22. The number of anilines is 1. The number of nitrogens with one attached hydrogen (secondary N) is 1. The first-order chi connectivity index (χ1) is 8.43. The first-order valence-electron chi connectivity index (χ1n) is 5.64. The predicted molar refractivity (Wildman–Crippen MR) is 77.6 cm³/mol. The van der Waals surface area contributed by atoms with Gasteiger partial charge in [0.25, 0.3) is 0 Å². The number of carbonyl (C=O) groups is 1. The average molecular weight is 310 g/mol. The molecular formula is C12H15Cl3N2O. The van der Waals surface area contributed by atoms with Gasteiger partial charge in [0.15, 0.2) is 0 Å². The minimum atomic E-state index is -0.184. The van der Waals surface area contributed by atoms with Crippen molar-refractivity contribution in [1.82, 2.24) is 0 Å². The maximum absolute atomic E-state index is 11.7. The number of rotatable bonds is 5. The number of carbonyl (C=O) groups excluding carboxylic acids is 1. The van der Waals surface area contributed by atoms with Gasteiger partial charge < -0.3 is 11.1 Å². The van der Waals surface area contributed by atoms with Crippen LogP contribution in [0, 0.1) is 0 Å². The van der Waals surface area contributed by atoms with Gasteiger partial charge in [0.1, 0.15) is 0 Å². The Morgan fingerprint density at radius 3 is 2.50 bits per heavy atom. The van der Waals surface area contributed by atoms with Crippen LogP contribution in [0.25, 0.3) is 0 Å². The summed E-state index contributed by atoms with van der Waals surface area (Å²) in [6.07, 6.45) is 2.01. The van der Waals surface area contributed by atoms with Gasteiger partial charge in [-0.2, -0.15) is 0 Å². The lowest BCUT2D eigenvalue weighted by atomic mass is 10.1. The van der Waals surface area contributed by atoms with Gasteiger partial charge in [-0.3, -0.25) is 4.79 Å². The lowest BCUT2D eigenvalue weighted by molar-refractivity contribution is -0.116. The van der Waals surface area contributed by atoms with E-state index in [2.05, 4.69) is 5.32 Å². The van der Waals surface area contributed by atoms with Crippen LogP contribution in [0.15, 0.2) is 12.1 Å². The molecule has 0 bridgehead atoms. The van der Waals surface area contributed by atoms with Crippen molar-refractivity contribution in [1.29, 1.82) is 0 Å². The molecule has 1 rings (SSSR count). The molecule has 0 saturated heterocycles. The maximum Gasteiger partial charge on any atom is 0.225 e. The van der Waals surface area contributed by atoms with Gasteiger partial charge in [-0.25, -0.2) is 0 Å². The molecule has 6 heteroatoms. The molecule has 1 aromatic carbocycles. The van der Waals surface area contributed by atoms with Crippen molar-refractivity contribution in [2.75, 3.05) is 5.32 Å². The summed E-state index contributed by atoms with van der Waals surface area (Å²) >= 11 is 17.6. The monoisotopic (exact) mass is 308 g/mol. The Morgan fingerprint density at radius 1 is 1.28 bits per heavy atom. The Bertz CT molecular complexity index is 438. The van der Waals surface area contributed by atoms with Crippen molar-refractivity contribution >= 4 is 46.4 Å². The summed E-state index contributed by atoms with van der Waals surface area (Å²) in [6.45, 7) is 2.02. The first kappa shape index (κ1) is 15.6. The SMILES string of the molecule is CCCC(N)CC(=O)Nc1cc(Cl)c(Cl)cc1Cl. The normalized spacial score (nSPS) is 12.3. The summed E-state index contributed by atoms with van der Waals surface area (Å²) in [5.74, 6) is -0.184. The molecule has 0 heterocycles. The van der Waals surface area contributed by atoms with Crippen LogP contribution >= 0.6 is 34.8 Å². The van der Waals surface area contributed by atoms with Crippen molar-refractivity contribution in [2.24, 2.45) is 5.73 Å². The Morgan fingerprint density at radius 2 is 1.89 bits per heavy atom. The third kappa shape index (κ3) is 4.65. The average Bonchev–Trinajstić information content (AvgIpc) is 2.26. The lowest BCUT2D eigenvalue weighted by Crippen LogP contribution is -2.26. The molecule has 1 atom stereocenters. The van der Waals surface area contributed by atoms with Gasteiger partial charge in [-0.05, 0) is 18.6 Å². The second-order valence-corrected chi connectivity index (χ2v) is 5.27. The van der Waals surface area contributed by atoms with E-state index in [9.17, 15) is 4.79 Å². The van der Waals surface area contributed by atoms with Gasteiger partial charge in [0, 0.05) is 12.5 Å². The topological polar surface area (TPSA) is 55.1 Å². The second-order valence-electron chi connectivity index (χ2n) is 4.05. The second kappa shape index (κ2) is 7.19. The van der Waals surface area contributed by atoms with Crippen LogP contribution in [0.4, 0.5) is 5.69 Å². The number of nitrogens with two attached hydrogens (primary N) is 1. The standard InChI is InChI=1S/C12H15Cl3N2O/c1-2-3-7(16)4-12(18)17-11-6-9(14)8(13)5-10(11)15/h5-7H,2-4,16H2,1H3,(H,17,18). The zero-order chi connectivity index (χ0) is 13.7. The van der Waals surface area contributed by atoms with Gasteiger partial charge in [-0.1, -0.05) is 48.1 Å². The van der Waals surface area contributed by atoms with Gasteiger partial charge in [-0.15, -0.1) is 0 Å². The van der Waals surface area contributed by atoms with Crippen LogP contribution in [0.1, 0.15) is 26.2 Å². The number of halogens is 3. The summed E-state index contributed by atoms with van der Waals surface area (Å²) in [7, 11) is 0. The van der Waals surface area contributed by atoms with Crippen molar-refractivity contribution in [3.63, 3.8) is 0 Å². The van der Waals surface area contributed by atoms with Crippen molar-refractivity contribution in [3.05, 3.63) is 27.2 Å². The summed E-state index contributed by atoms with van der Waals surface area (Å²) in [5.41, 5.74) is 6.23. The van der Waals surface area contributed by atoms with E-state index in [1.807, 2.05) is 6.92 Å². The van der Waals surface area contributed by atoms with E-state index in [0.29, 0.717) is 20.8 Å². The van der Waals surface area contributed by atoms with Crippen LogP contribution in [0.3, 0.4) is 0 Å². The van der Waals surface area contributed by atoms with Crippen LogP contribution in [-0.4, -0.2) is 11.9 Å². The molecule has 0 aliphatic rings. The Balaban J connectivity index is 2.67. The number of hydrogen-bond acceptors (Lipinski definition) is 2. The number of amides is 1. The molecule has 3 N–H and O–H groups in total. The third-order valence-electron chi connectivity index (χ3n) is 2.39. The van der Waals surface area contributed by atoms with E-state index >= 15 is 0 Å². The summed E-state index contributed by atoms with van der Waals surface area (Å²) in [5, 5.41) is 3.71. The maximum atomic E-state index is 11.7. The van der Waals surface area contributed by atoms with E-state index in [1.54, 1.807) is 0 Å². The molecule has 100 valence electrons. The highest BCUT2D eigenvalue weighted by atomic mass is 35.5. The molecular weight excluding hydrogens is 295 g/mol. The fourth-order valence-electron chi connectivity index (χ4n) is 1.53. The molecule has 3 nitrogen and oxygen atoms in total. The van der Waals surface area contributed by atoms with Gasteiger partial charge >= 0.3 is 0 Å². The van der Waals surface area contributed by atoms with E-state index in [-0.39, 0.29) is 18.4 Å². The van der Waals surface area contributed by atoms with Gasteiger partial charge in [0.2, 0.25) is 5.91 Å². The molecule has 0 fully saturated rings. The van der Waals surface area contributed by atoms with Crippen molar-refractivity contribution in [2.45, 2.75) is 32.2 Å². The lowest BCUT2D eigenvalue weighted by Gasteiger charge is -2.12. The molecule has 0 aliphatic heterocycles. The highest BCUT2D eigenvalue weighted by Crippen LogP contribution is 2.32. The highest BCUT2D eigenvalue weighted by molar-refractivity contribution is 6.44. The molecule has 0 spiro atoms. The zero-order valence-corrected chi connectivity index (χ0v) is 12.2.